The van der Waals surface area contributed by atoms with Crippen LogP contribution in [0.1, 0.15) is 36.1 Å². The van der Waals surface area contributed by atoms with Crippen LogP contribution in [0.3, 0.4) is 0 Å². The maximum absolute atomic E-state index is 2.46. The highest BCUT2D eigenvalue weighted by Gasteiger charge is 2.35. The highest BCUT2D eigenvalue weighted by atomic mass is 15.1. The number of anilines is 3. The molecule has 0 atom stereocenters. The summed E-state index contributed by atoms with van der Waals surface area (Å²) in [7, 11) is 0. The molecule has 1 aliphatic carbocycles. The summed E-state index contributed by atoms with van der Waals surface area (Å²) in [6, 6.07) is 60.6. The van der Waals surface area contributed by atoms with Gasteiger partial charge in [0.05, 0.1) is 0 Å². The number of hydrogen-bond donors (Lipinski definition) is 0. The molecule has 0 radical (unpaired) electrons. The molecule has 8 aromatic carbocycles. The number of fused-ring (bicyclic) bond motifs is 5. The number of hydrogen-bond acceptors (Lipinski definition) is 1. The fourth-order valence-corrected chi connectivity index (χ4v) is 8.37. The molecule has 0 amide bonds. The zero-order chi connectivity index (χ0) is 34.0. The number of nitrogens with zero attached hydrogens (tertiary/aromatic N) is 1. The van der Waals surface area contributed by atoms with Crippen molar-refractivity contribution in [3.05, 3.63) is 186 Å². The van der Waals surface area contributed by atoms with Crippen molar-refractivity contribution in [3.8, 4) is 33.4 Å². The molecule has 0 saturated carbocycles. The molecule has 1 nitrogen and oxygen atoms in total. The lowest BCUT2D eigenvalue weighted by atomic mass is 9.80. The van der Waals surface area contributed by atoms with Crippen molar-refractivity contribution in [2.75, 3.05) is 4.90 Å². The molecule has 0 unspecified atom stereocenters. The van der Waals surface area contributed by atoms with Crippen molar-refractivity contribution in [2.45, 2.75) is 33.1 Å². The van der Waals surface area contributed by atoms with E-state index >= 15 is 0 Å². The van der Waals surface area contributed by atoms with Crippen LogP contribution in [0.4, 0.5) is 17.1 Å². The Morgan fingerprint density at radius 3 is 1.42 bits per heavy atom. The highest BCUT2D eigenvalue weighted by molar-refractivity contribution is 6.21. The largest absolute Gasteiger partial charge is 0.310 e. The molecule has 0 heterocycles. The van der Waals surface area contributed by atoms with Crippen LogP contribution in [-0.4, -0.2) is 0 Å². The maximum atomic E-state index is 2.46. The molecule has 0 aromatic heterocycles. The normalized spacial score (nSPS) is 13.0. The smallest absolute Gasteiger partial charge is 0.0464 e. The average Bonchev–Trinajstić information content (AvgIpc) is 3.37. The van der Waals surface area contributed by atoms with E-state index in [1.165, 1.54) is 77.2 Å². The van der Waals surface area contributed by atoms with Crippen molar-refractivity contribution in [1.82, 2.24) is 0 Å². The molecular weight excluding hydrogens is 603 g/mol. The van der Waals surface area contributed by atoms with Crippen LogP contribution in [0, 0.1) is 13.8 Å². The van der Waals surface area contributed by atoms with Gasteiger partial charge in [-0.3, -0.25) is 0 Å². The van der Waals surface area contributed by atoms with E-state index in [0.717, 1.165) is 17.1 Å². The minimum atomic E-state index is -0.0555. The molecule has 9 rings (SSSR count). The number of aryl methyl sites for hydroxylation is 2. The van der Waals surface area contributed by atoms with Gasteiger partial charge in [-0.2, -0.15) is 0 Å². The highest BCUT2D eigenvalue weighted by Crippen LogP contribution is 2.51. The van der Waals surface area contributed by atoms with E-state index in [-0.39, 0.29) is 5.41 Å². The van der Waals surface area contributed by atoms with Crippen LogP contribution < -0.4 is 4.90 Å². The van der Waals surface area contributed by atoms with Gasteiger partial charge in [-0.25, -0.2) is 0 Å². The Labute approximate surface area is 295 Å². The summed E-state index contributed by atoms with van der Waals surface area (Å²) in [5.41, 5.74) is 16.5. The van der Waals surface area contributed by atoms with Crippen molar-refractivity contribution in [3.63, 3.8) is 0 Å². The van der Waals surface area contributed by atoms with E-state index in [1.54, 1.807) is 0 Å². The molecule has 50 heavy (non-hydrogen) atoms. The Morgan fingerprint density at radius 2 is 0.860 bits per heavy atom. The Hall–Kier alpha value is -5.92. The fraction of sp³-hybridized carbons (Fsp3) is 0.102. The summed E-state index contributed by atoms with van der Waals surface area (Å²) in [5.74, 6) is 0. The van der Waals surface area contributed by atoms with Gasteiger partial charge in [-0.05, 0) is 133 Å². The molecule has 1 heteroatoms. The summed E-state index contributed by atoms with van der Waals surface area (Å²) >= 11 is 0. The van der Waals surface area contributed by atoms with Gasteiger partial charge < -0.3 is 4.90 Å². The predicted octanol–water partition coefficient (Wildman–Crippen LogP) is 13.7. The number of benzene rings is 8. The molecule has 0 bridgehead atoms. The van der Waals surface area contributed by atoms with Gasteiger partial charge in [0.2, 0.25) is 0 Å². The minimum Gasteiger partial charge on any atom is -0.310 e. The van der Waals surface area contributed by atoms with Crippen LogP contribution in [0.5, 0.6) is 0 Å². The predicted molar refractivity (Wildman–Crippen MR) is 214 cm³/mol. The van der Waals surface area contributed by atoms with Crippen molar-refractivity contribution < 1.29 is 0 Å². The Morgan fingerprint density at radius 1 is 0.380 bits per heavy atom. The third-order valence-corrected chi connectivity index (χ3v) is 10.7. The first-order chi connectivity index (χ1) is 24.4. The van der Waals surface area contributed by atoms with Crippen LogP contribution in [0.15, 0.2) is 164 Å². The lowest BCUT2D eigenvalue weighted by molar-refractivity contribution is 0.660. The van der Waals surface area contributed by atoms with E-state index in [2.05, 4.69) is 196 Å². The van der Waals surface area contributed by atoms with Gasteiger partial charge in [-0.1, -0.05) is 135 Å². The monoisotopic (exact) mass is 641 g/mol. The van der Waals surface area contributed by atoms with Crippen molar-refractivity contribution in [1.29, 1.82) is 0 Å². The van der Waals surface area contributed by atoms with Crippen LogP contribution in [0.2, 0.25) is 0 Å². The number of rotatable bonds is 5. The zero-order valence-corrected chi connectivity index (χ0v) is 29.0. The summed E-state index contributed by atoms with van der Waals surface area (Å²) in [6.07, 6.45) is 0. The first kappa shape index (κ1) is 30.2. The van der Waals surface area contributed by atoms with Crippen LogP contribution in [0.25, 0.3) is 54.9 Å². The summed E-state index contributed by atoms with van der Waals surface area (Å²) in [6.45, 7) is 9.04. The third-order valence-electron chi connectivity index (χ3n) is 10.7. The molecule has 8 aromatic rings. The molecule has 0 saturated heterocycles. The van der Waals surface area contributed by atoms with Gasteiger partial charge in [0.1, 0.15) is 0 Å². The lowest BCUT2D eigenvalue weighted by Crippen LogP contribution is -2.14. The third kappa shape index (κ3) is 4.76. The Balaban J connectivity index is 1.22. The Bertz CT molecular complexity index is 2490. The molecule has 1 aliphatic rings. The van der Waals surface area contributed by atoms with E-state index in [9.17, 15) is 0 Å². The van der Waals surface area contributed by atoms with Gasteiger partial charge in [0.25, 0.3) is 0 Å². The van der Waals surface area contributed by atoms with Crippen molar-refractivity contribution >= 4 is 38.6 Å². The Kier molecular flexibility index (Phi) is 7.00. The van der Waals surface area contributed by atoms with Crippen LogP contribution in [-0.2, 0) is 5.41 Å². The first-order valence-electron chi connectivity index (χ1n) is 17.6. The van der Waals surface area contributed by atoms with E-state index in [0.29, 0.717) is 0 Å². The molecule has 0 fully saturated rings. The molecule has 0 N–H and O–H groups in total. The standard InChI is InChI=1S/C49H39N/c1-32-13-11-15-37(29-32)50(38-16-12-14-33(2)30-38)36-26-23-34(24-27-36)47-41-18-5-7-20-43(41)48(44-21-8-6-19-42(44)47)35-25-28-40-39-17-9-10-22-45(39)49(3,4)46(40)31-35/h5-31H,1-4H3. The van der Waals surface area contributed by atoms with E-state index in [4.69, 9.17) is 0 Å². The van der Waals surface area contributed by atoms with Gasteiger partial charge >= 0.3 is 0 Å². The fourth-order valence-electron chi connectivity index (χ4n) is 8.37. The van der Waals surface area contributed by atoms with Crippen molar-refractivity contribution in [2.24, 2.45) is 0 Å². The molecular formula is C49H39N. The molecule has 0 aliphatic heterocycles. The zero-order valence-electron chi connectivity index (χ0n) is 29.0. The maximum Gasteiger partial charge on any atom is 0.0464 e. The van der Waals surface area contributed by atoms with Gasteiger partial charge in [-0.15, -0.1) is 0 Å². The summed E-state index contributed by atoms with van der Waals surface area (Å²) in [4.78, 5) is 2.36. The average molecular weight is 642 g/mol. The van der Waals surface area contributed by atoms with Gasteiger partial charge in [0.15, 0.2) is 0 Å². The topological polar surface area (TPSA) is 3.24 Å². The first-order valence-corrected chi connectivity index (χ1v) is 17.6. The van der Waals surface area contributed by atoms with Gasteiger partial charge in [0, 0.05) is 22.5 Å². The second-order valence-corrected chi connectivity index (χ2v) is 14.3. The quantitative estimate of drug-likeness (QED) is 0.169. The molecule has 0 spiro atoms. The minimum absolute atomic E-state index is 0.0555. The van der Waals surface area contributed by atoms with E-state index in [1.807, 2.05) is 0 Å². The second-order valence-electron chi connectivity index (χ2n) is 14.3. The van der Waals surface area contributed by atoms with E-state index < -0.39 is 0 Å². The SMILES string of the molecule is Cc1cccc(N(c2ccc(-c3c4ccccc4c(-c4ccc5c(c4)C(C)(C)c4ccccc4-5)c4ccccc34)cc2)c2cccc(C)c2)c1. The second kappa shape index (κ2) is 11.6. The molecule has 240 valence electrons. The lowest BCUT2D eigenvalue weighted by Gasteiger charge is -2.26. The van der Waals surface area contributed by atoms with Crippen LogP contribution >= 0.6 is 0 Å². The summed E-state index contributed by atoms with van der Waals surface area (Å²) < 4.78 is 0. The summed E-state index contributed by atoms with van der Waals surface area (Å²) in [5, 5.41) is 5.09.